The lowest BCUT2D eigenvalue weighted by Gasteiger charge is -2.34. The third kappa shape index (κ3) is 7.89. The molecule has 7 heterocycles. The molecule has 10 aromatic rings. The molecule has 0 saturated heterocycles. The number of fused-ring (bicyclic) bond motifs is 6. The molecule has 0 N–H and O–H groups in total. The van der Waals surface area contributed by atoms with Crippen molar-refractivity contribution in [2.75, 3.05) is 28.4 Å². The number of ether oxygens (including phenoxy) is 8. The molecule has 0 unspecified atom stereocenters. The highest BCUT2D eigenvalue weighted by Crippen LogP contribution is 2.58. The van der Waals surface area contributed by atoms with E-state index in [1.807, 2.05) is 24.3 Å². The van der Waals surface area contributed by atoms with Crippen LogP contribution in [0.5, 0.6) is 46.0 Å². The van der Waals surface area contributed by atoms with E-state index in [4.69, 9.17) is 37.9 Å². The third-order valence-corrected chi connectivity index (χ3v) is 15.9. The van der Waals surface area contributed by atoms with Crippen LogP contribution in [0, 0.1) is 0 Å². The molecular formula is C70H56O8. The predicted octanol–water partition coefficient (Wildman–Crippen LogP) is 15.1. The van der Waals surface area contributed by atoms with Gasteiger partial charge >= 0.3 is 0 Å². The van der Waals surface area contributed by atoms with E-state index in [2.05, 4.69) is 194 Å². The van der Waals surface area contributed by atoms with Gasteiger partial charge in [-0.15, -0.1) is 0 Å². The highest BCUT2D eigenvalue weighted by molar-refractivity contribution is 5.87. The maximum atomic E-state index is 6.62. The Hall–Kier alpha value is -9.40. The molecule has 0 amide bonds. The van der Waals surface area contributed by atoms with E-state index >= 15 is 0 Å². The van der Waals surface area contributed by atoms with Gasteiger partial charge < -0.3 is 37.9 Å². The lowest BCUT2D eigenvalue weighted by molar-refractivity contribution is 0.281. The Labute approximate surface area is 454 Å². The maximum absolute atomic E-state index is 6.62. The van der Waals surface area contributed by atoms with E-state index in [9.17, 15) is 0 Å². The van der Waals surface area contributed by atoms with Crippen molar-refractivity contribution >= 4 is 0 Å². The van der Waals surface area contributed by atoms with Gasteiger partial charge in [-0.2, -0.15) is 0 Å². The van der Waals surface area contributed by atoms with Crippen molar-refractivity contribution in [2.45, 2.75) is 37.3 Å². The van der Waals surface area contributed by atoms with E-state index in [0.717, 1.165) is 67.5 Å². The molecule has 2 aliphatic carbocycles. The second-order valence-corrected chi connectivity index (χ2v) is 19.9. The van der Waals surface area contributed by atoms with Gasteiger partial charge in [-0.25, -0.2) is 0 Å². The Kier molecular flexibility index (Phi) is 12.3. The molecule has 19 rings (SSSR count). The molecule has 12 bridgehead atoms. The number of benzene rings is 10. The van der Waals surface area contributed by atoms with Crippen LogP contribution in [0.1, 0.15) is 66.8 Å². The molecule has 384 valence electrons. The van der Waals surface area contributed by atoms with Crippen LogP contribution in [-0.2, 0) is 37.3 Å². The quantitative estimate of drug-likeness (QED) is 0.173. The molecular weight excluding hydrogens is 969 g/mol. The Morgan fingerprint density at radius 2 is 0.513 bits per heavy atom. The minimum atomic E-state index is -0.631. The summed E-state index contributed by atoms with van der Waals surface area (Å²) in [5.41, 5.74) is 16.2. The van der Waals surface area contributed by atoms with Crippen molar-refractivity contribution in [3.63, 3.8) is 0 Å². The number of hydrogen-bond acceptors (Lipinski definition) is 8. The first kappa shape index (κ1) is 48.3. The van der Waals surface area contributed by atoms with Crippen LogP contribution in [0.15, 0.2) is 218 Å². The monoisotopic (exact) mass is 1020 g/mol. The molecule has 78 heavy (non-hydrogen) atoms. The summed E-state index contributed by atoms with van der Waals surface area (Å²) in [4.78, 5) is 0. The minimum Gasteiger partial charge on any atom is -0.497 e. The Morgan fingerprint density at radius 1 is 0.282 bits per heavy atom. The molecule has 0 atom stereocenters. The van der Waals surface area contributed by atoms with Crippen LogP contribution >= 0.6 is 0 Å². The van der Waals surface area contributed by atoms with Crippen LogP contribution < -0.4 is 37.9 Å². The molecule has 9 aliphatic rings. The smallest absolute Gasteiger partial charge is 0.132 e. The summed E-state index contributed by atoms with van der Waals surface area (Å²) in [6.45, 7) is 0.948. The van der Waals surface area contributed by atoms with Gasteiger partial charge in [-0.1, -0.05) is 146 Å². The summed E-state index contributed by atoms with van der Waals surface area (Å²) in [6, 6.07) is 76.7. The summed E-state index contributed by atoms with van der Waals surface area (Å²) in [7, 11) is 6.71. The van der Waals surface area contributed by atoms with E-state index in [1.54, 1.807) is 28.4 Å². The fraction of sp³-hybridized carbons (Fsp3) is 0.143. The van der Waals surface area contributed by atoms with Gasteiger partial charge in [0.1, 0.15) is 72.4 Å². The zero-order valence-electron chi connectivity index (χ0n) is 43.9. The van der Waals surface area contributed by atoms with Crippen molar-refractivity contribution < 1.29 is 37.9 Å². The number of rotatable bonds is 4. The molecule has 0 radical (unpaired) electrons. The Morgan fingerprint density at radius 3 is 0.731 bits per heavy atom. The summed E-state index contributed by atoms with van der Waals surface area (Å²) < 4.78 is 50.4. The topological polar surface area (TPSA) is 73.8 Å². The first-order valence-corrected chi connectivity index (χ1v) is 26.2. The van der Waals surface area contributed by atoms with Gasteiger partial charge in [-0.3, -0.25) is 0 Å². The molecule has 8 heteroatoms. The zero-order chi connectivity index (χ0) is 52.8. The van der Waals surface area contributed by atoms with Crippen LogP contribution in [0.25, 0.3) is 22.3 Å². The van der Waals surface area contributed by atoms with Crippen LogP contribution in [0.2, 0.25) is 0 Å². The second-order valence-electron chi connectivity index (χ2n) is 19.9. The van der Waals surface area contributed by atoms with Gasteiger partial charge in [0, 0.05) is 22.3 Å². The van der Waals surface area contributed by atoms with E-state index in [-0.39, 0.29) is 26.4 Å². The highest BCUT2D eigenvalue weighted by atomic mass is 16.5. The first-order valence-electron chi connectivity index (χ1n) is 26.2. The van der Waals surface area contributed by atoms with Crippen LogP contribution in [0.4, 0.5) is 0 Å². The lowest BCUT2D eigenvalue weighted by Crippen LogP contribution is -2.28. The van der Waals surface area contributed by atoms with Crippen molar-refractivity contribution in [3.8, 4) is 68.2 Å². The van der Waals surface area contributed by atoms with Crippen LogP contribution in [0.3, 0.4) is 0 Å². The molecule has 0 saturated carbocycles. The van der Waals surface area contributed by atoms with Crippen molar-refractivity contribution in [3.05, 3.63) is 285 Å². The summed E-state index contributed by atoms with van der Waals surface area (Å²) >= 11 is 0. The SMILES string of the molecule is COc1cc2c(OC)c(c1)COc1ccc(cc1)C1(c3ccc(cc3)OCc3cc(OC)cc(c3OC)COc3ccc(cc3)C3(c4ccc(cc4)OC2)c2ccccc2-c2ccccc23)c2ccccc2-c2ccccc21. The standard InChI is InChI=1S/C70H56O8/c1-71-57-37-45-41-75-53-29-21-49(22-30-53)69(63-17-9-5-13-59(63)60-14-6-10-18-64(60)69)51-25-33-55(34-26-51)77-43-47-39-58(72-2)40-48(68(47)74-4)44-78-56-35-27-52(28-36-56)70(65-19-11-7-15-61(65)62-16-8-12-20-66(62)70)50-23-31-54(32-24-50)76-42-46(38-57)67(45)73-3/h5-40H,41-44H2,1-4H3. The predicted molar refractivity (Wildman–Crippen MR) is 304 cm³/mol. The highest BCUT2D eigenvalue weighted by Gasteiger charge is 2.47. The second kappa shape index (κ2) is 19.9. The van der Waals surface area contributed by atoms with Crippen molar-refractivity contribution in [1.29, 1.82) is 0 Å². The summed E-state index contributed by atoms with van der Waals surface area (Å²) in [5, 5.41) is 0. The van der Waals surface area contributed by atoms with Gasteiger partial charge in [-0.05, 0) is 140 Å². The minimum absolute atomic E-state index is 0.237. The van der Waals surface area contributed by atoms with Gasteiger partial charge in [0.15, 0.2) is 0 Å². The number of hydrogen-bond donors (Lipinski definition) is 0. The Balaban J connectivity index is 0.915. The first-order chi connectivity index (χ1) is 38.4. The maximum Gasteiger partial charge on any atom is 0.132 e. The van der Waals surface area contributed by atoms with E-state index < -0.39 is 10.8 Å². The zero-order valence-corrected chi connectivity index (χ0v) is 43.9. The van der Waals surface area contributed by atoms with E-state index in [0.29, 0.717) is 23.0 Å². The lowest BCUT2D eigenvalue weighted by atomic mass is 9.68. The van der Waals surface area contributed by atoms with Gasteiger partial charge in [0.05, 0.1) is 39.3 Å². The molecule has 2 spiro atoms. The van der Waals surface area contributed by atoms with Crippen molar-refractivity contribution in [1.82, 2.24) is 0 Å². The molecule has 0 aromatic heterocycles. The fourth-order valence-corrected chi connectivity index (χ4v) is 12.5. The van der Waals surface area contributed by atoms with Crippen LogP contribution in [-0.4, -0.2) is 28.4 Å². The van der Waals surface area contributed by atoms with Gasteiger partial charge in [0.2, 0.25) is 0 Å². The van der Waals surface area contributed by atoms with E-state index in [1.165, 1.54) is 44.5 Å². The fourth-order valence-electron chi connectivity index (χ4n) is 12.5. The molecule has 10 aromatic carbocycles. The normalized spacial score (nSPS) is 14.3. The largest absolute Gasteiger partial charge is 0.497 e. The average Bonchev–Trinajstić information content (AvgIpc) is 4.16. The molecule has 0 fully saturated rings. The van der Waals surface area contributed by atoms with Gasteiger partial charge in [0.25, 0.3) is 0 Å². The summed E-state index contributed by atoms with van der Waals surface area (Å²) in [5.74, 6) is 5.59. The molecule has 7 aliphatic heterocycles. The third-order valence-electron chi connectivity index (χ3n) is 15.9. The number of methoxy groups -OCH3 is 4. The molecule has 8 nitrogen and oxygen atoms in total. The van der Waals surface area contributed by atoms with Crippen molar-refractivity contribution in [2.24, 2.45) is 0 Å². The average molecular weight is 1030 g/mol. The Bertz CT molecular complexity index is 3350. The summed E-state index contributed by atoms with van der Waals surface area (Å²) in [6.07, 6.45) is 0.